The van der Waals surface area contributed by atoms with Gasteiger partial charge in [-0.3, -0.25) is 9.69 Å². The molecule has 3 aromatic carbocycles. The van der Waals surface area contributed by atoms with Gasteiger partial charge >= 0.3 is 12.0 Å². The molecule has 50 heavy (non-hydrogen) atoms. The lowest BCUT2D eigenvalue weighted by molar-refractivity contribution is -0.0177. The standard InChI is InChI=1S/C38H50N4O8/c1-25-21-42(26(2)24-43)36(44)33-20-31(40-38(47)39-30-13-16-32(48-5)17-14-30)15-18-34(33)50-27(3)8-6-7-19-49-35(25)23-41(4)22-28-9-11-29(12-10-28)37(45)46/h9-18,20,25-27,35,43H,6-8,19,21-24H2,1-5H3,(H,45,46)(H2,39,40,47)/t25-,26+,27-,35+/m0/s1. The van der Waals surface area contributed by atoms with E-state index in [0.29, 0.717) is 49.1 Å². The number of ether oxygens (including phenoxy) is 3. The molecular formula is C38H50N4O8. The Kier molecular flexibility index (Phi) is 14.0. The summed E-state index contributed by atoms with van der Waals surface area (Å²) in [6.45, 7) is 7.57. The van der Waals surface area contributed by atoms with Gasteiger partial charge in [-0.25, -0.2) is 9.59 Å². The number of anilines is 2. The van der Waals surface area contributed by atoms with Gasteiger partial charge in [-0.15, -0.1) is 0 Å². The molecule has 0 unspecified atom stereocenters. The van der Waals surface area contributed by atoms with Gasteiger partial charge in [-0.1, -0.05) is 19.1 Å². The van der Waals surface area contributed by atoms with Crippen LogP contribution in [0.15, 0.2) is 66.7 Å². The number of aliphatic hydroxyl groups is 1. The molecule has 4 rings (SSSR count). The van der Waals surface area contributed by atoms with Crippen LogP contribution in [0, 0.1) is 5.92 Å². The molecule has 0 saturated carbocycles. The molecule has 3 aromatic rings. The number of hydrogen-bond donors (Lipinski definition) is 4. The molecule has 1 aliphatic heterocycles. The minimum Gasteiger partial charge on any atom is -0.497 e. The predicted molar refractivity (Wildman–Crippen MR) is 192 cm³/mol. The number of benzene rings is 3. The van der Waals surface area contributed by atoms with Crippen LogP contribution >= 0.6 is 0 Å². The third-order valence-electron chi connectivity index (χ3n) is 8.80. The summed E-state index contributed by atoms with van der Waals surface area (Å²) in [7, 11) is 3.56. The second-order valence-electron chi connectivity index (χ2n) is 13.0. The van der Waals surface area contributed by atoms with E-state index in [-0.39, 0.29) is 41.8 Å². The molecule has 0 aliphatic carbocycles. The molecule has 4 N–H and O–H groups in total. The van der Waals surface area contributed by atoms with E-state index in [2.05, 4.69) is 15.5 Å². The quantitative estimate of drug-likeness (QED) is 0.202. The SMILES string of the molecule is COc1ccc(NC(=O)Nc2ccc3c(c2)C(=O)N([C@H](C)CO)C[C@H](C)[C@@H](CN(C)Cc2ccc(C(=O)O)cc2)OCCCC[C@H](C)O3)cc1. The first kappa shape index (κ1) is 38.2. The summed E-state index contributed by atoms with van der Waals surface area (Å²) in [4.78, 5) is 42.3. The fourth-order valence-corrected chi connectivity index (χ4v) is 5.87. The van der Waals surface area contributed by atoms with Crippen molar-refractivity contribution >= 4 is 29.3 Å². The summed E-state index contributed by atoms with van der Waals surface area (Å²) in [5.41, 5.74) is 2.48. The summed E-state index contributed by atoms with van der Waals surface area (Å²) in [6, 6.07) is 17.8. The lowest BCUT2D eigenvalue weighted by Crippen LogP contribution is -2.47. The highest BCUT2D eigenvalue weighted by molar-refractivity contribution is 6.02. The number of carboxylic acid groups (broad SMARTS) is 1. The van der Waals surface area contributed by atoms with Gasteiger partial charge < -0.3 is 40.0 Å². The van der Waals surface area contributed by atoms with Crippen molar-refractivity contribution in [3.63, 3.8) is 0 Å². The molecule has 0 saturated heterocycles. The third-order valence-corrected chi connectivity index (χ3v) is 8.80. The van der Waals surface area contributed by atoms with Crippen molar-refractivity contribution in [3.05, 3.63) is 83.4 Å². The molecule has 12 nitrogen and oxygen atoms in total. The number of carbonyl (C=O) groups excluding carboxylic acids is 2. The number of amides is 3. The van der Waals surface area contributed by atoms with Crippen LogP contribution in [0.2, 0.25) is 0 Å². The Bertz CT molecular complexity index is 1570. The maximum atomic E-state index is 14.4. The highest BCUT2D eigenvalue weighted by Gasteiger charge is 2.30. The van der Waals surface area contributed by atoms with E-state index in [1.165, 1.54) is 0 Å². The molecule has 0 radical (unpaired) electrons. The molecule has 0 bridgehead atoms. The number of likely N-dealkylation sites (N-methyl/N-ethyl adjacent to an activating group) is 1. The van der Waals surface area contributed by atoms with E-state index < -0.39 is 18.0 Å². The molecule has 4 atom stereocenters. The average molecular weight is 691 g/mol. The Labute approximate surface area is 294 Å². The maximum absolute atomic E-state index is 14.4. The summed E-state index contributed by atoms with van der Waals surface area (Å²) in [5, 5.41) is 25.1. The zero-order chi connectivity index (χ0) is 36.2. The molecule has 0 aromatic heterocycles. The molecule has 3 amide bonds. The van der Waals surface area contributed by atoms with Gasteiger partial charge in [0, 0.05) is 43.5 Å². The summed E-state index contributed by atoms with van der Waals surface area (Å²) in [6.07, 6.45) is 2.05. The number of hydrogen-bond acceptors (Lipinski definition) is 8. The van der Waals surface area contributed by atoms with Gasteiger partial charge in [0.2, 0.25) is 0 Å². The summed E-state index contributed by atoms with van der Waals surface area (Å²) in [5.74, 6) is -0.338. The Hall–Kier alpha value is -4.65. The topological polar surface area (TPSA) is 150 Å². The van der Waals surface area contributed by atoms with E-state index >= 15 is 0 Å². The lowest BCUT2D eigenvalue weighted by Gasteiger charge is -2.36. The van der Waals surface area contributed by atoms with Crippen LogP contribution in [-0.4, -0.2) is 96.6 Å². The van der Waals surface area contributed by atoms with E-state index in [4.69, 9.17) is 14.2 Å². The maximum Gasteiger partial charge on any atom is 0.335 e. The zero-order valence-electron chi connectivity index (χ0n) is 29.6. The number of urea groups is 1. The smallest absolute Gasteiger partial charge is 0.335 e. The predicted octanol–water partition coefficient (Wildman–Crippen LogP) is 5.96. The van der Waals surface area contributed by atoms with E-state index in [1.54, 1.807) is 73.5 Å². The van der Waals surface area contributed by atoms with Crippen molar-refractivity contribution in [3.8, 4) is 11.5 Å². The van der Waals surface area contributed by atoms with E-state index in [0.717, 1.165) is 24.8 Å². The number of nitrogens with zero attached hydrogens (tertiary/aromatic N) is 2. The number of fused-ring (bicyclic) bond motifs is 1. The molecule has 0 fully saturated rings. The van der Waals surface area contributed by atoms with Crippen molar-refractivity contribution in [1.29, 1.82) is 0 Å². The second kappa shape index (κ2) is 18.4. The van der Waals surface area contributed by atoms with Crippen molar-refractivity contribution in [1.82, 2.24) is 9.80 Å². The first-order valence-corrected chi connectivity index (χ1v) is 17.0. The van der Waals surface area contributed by atoms with Crippen LogP contribution < -0.4 is 20.1 Å². The van der Waals surface area contributed by atoms with Crippen molar-refractivity contribution in [2.24, 2.45) is 5.92 Å². The van der Waals surface area contributed by atoms with Gasteiger partial charge in [-0.05, 0) is 100 Å². The number of methoxy groups -OCH3 is 1. The van der Waals surface area contributed by atoms with Crippen LogP contribution in [-0.2, 0) is 11.3 Å². The van der Waals surface area contributed by atoms with Gasteiger partial charge in [0.15, 0.2) is 0 Å². The molecular weight excluding hydrogens is 640 g/mol. The fourth-order valence-electron chi connectivity index (χ4n) is 5.87. The Balaban J connectivity index is 1.56. The van der Waals surface area contributed by atoms with Crippen LogP contribution in [0.25, 0.3) is 0 Å². The first-order chi connectivity index (χ1) is 24.0. The average Bonchev–Trinajstić information content (AvgIpc) is 3.10. The summed E-state index contributed by atoms with van der Waals surface area (Å²) >= 11 is 0. The molecule has 12 heteroatoms. The number of carboxylic acids is 1. The lowest BCUT2D eigenvalue weighted by atomic mass is 10.0. The molecule has 270 valence electrons. The molecule has 0 spiro atoms. The fraction of sp³-hybridized carbons (Fsp3) is 0.447. The largest absolute Gasteiger partial charge is 0.497 e. The van der Waals surface area contributed by atoms with Gasteiger partial charge in [0.05, 0.1) is 43.1 Å². The highest BCUT2D eigenvalue weighted by Crippen LogP contribution is 2.29. The van der Waals surface area contributed by atoms with Crippen LogP contribution in [0.1, 0.15) is 66.3 Å². The zero-order valence-corrected chi connectivity index (χ0v) is 29.6. The minimum atomic E-state index is -0.964. The molecule has 1 aliphatic rings. The first-order valence-electron chi connectivity index (χ1n) is 17.0. The number of aromatic carboxylic acids is 1. The second-order valence-corrected chi connectivity index (χ2v) is 13.0. The Morgan fingerprint density at radius 3 is 2.36 bits per heavy atom. The van der Waals surface area contributed by atoms with Crippen molar-refractivity contribution in [2.45, 2.75) is 64.8 Å². The number of nitrogens with one attached hydrogen (secondary N) is 2. The Morgan fingerprint density at radius 1 is 1.02 bits per heavy atom. The number of carbonyl (C=O) groups is 3. The number of aliphatic hydroxyl groups excluding tert-OH is 1. The molecule has 1 heterocycles. The van der Waals surface area contributed by atoms with E-state index in [1.807, 2.05) is 33.0 Å². The van der Waals surface area contributed by atoms with Crippen LogP contribution in [0.3, 0.4) is 0 Å². The normalized spacial score (nSPS) is 19.5. The minimum absolute atomic E-state index is 0.118. The van der Waals surface area contributed by atoms with Crippen molar-refractivity contribution < 1.29 is 38.8 Å². The summed E-state index contributed by atoms with van der Waals surface area (Å²) < 4.78 is 17.9. The number of rotatable bonds is 10. The monoisotopic (exact) mass is 690 g/mol. The van der Waals surface area contributed by atoms with Gasteiger partial charge in [-0.2, -0.15) is 0 Å². The Morgan fingerprint density at radius 2 is 1.70 bits per heavy atom. The van der Waals surface area contributed by atoms with Crippen LogP contribution in [0.4, 0.5) is 16.2 Å². The third kappa shape index (κ3) is 10.9. The van der Waals surface area contributed by atoms with Gasteiger partial charge in [0.1, 0.15) is 11.5 Å². The van der Waals surface area contributed by atoms with E-state index in [9.17, 15) is 24.6 Å². The van der Waals surface area contributed by atoms with Crippen molar-refractivity contribution in [2.75, 3.05) is 51.1 Å². The highest BCUT2D eigenvalue weighted by atomic mass is 16.5. The van der Waals surface area contributed by atoms with Crippen LogP contribution in [0.5, 0.6) is 11.5 Å². The van der Waals surface area contributed by atoms with Gasteiger partial charge in [0.25, 0.3) is 5.91 Å².